The number of primary amides is 1. The van der Waals surface area contributed by atoms with Crippen molar-refractivity contribution >= 4 is 23.1 Å². The molecule has 1 aromatic carbocycles. The van der Waals surface area contributed by atoms with Crippen molar-refractivity contribution in [2.75, 3.05) is 31.1 Å². The molecule has 0 bridgehead atoms. The van der Waals surface area contributed by atoms with E-state index in [1.54, 1.807) is 6.07 Å². The van der Waals surface area contributed by atoms with Crippen molar-refractivity contribution in [2.45, 2.75) is 71.7 Å². The van der Waals surface area contributed by atoms with E-state index in [1.165, 1.54) is 11.8 Å². The Morgan fingerprint density at radius 1 is 1.30 bits per heavy atom. The molecule has 0 saturated carbocycles. The summed E-state index contributed by atoms with van der Waals surface area (Å²) in [5, 5.41) is 7.70. The van der Waals surface area contributed by atoms with Crippen molar-refractivity contribution in [2.24, 2.45) is 5.73 Å². The molecule has 1 aliphatic rings. The summed E-state index contributed by atoms with van der Waals surface area (Å²) < 4.78 is 48.7. The molecule has 4 N–H and O–H groups in total. The number of benzene rings is 1. The number of imidazole rings is 1. The molecule has 1 aliphatic heterocycles. The highest BCUT2D eigenvalue weighted by molar-refractivity contribution is 5.79. The van der Waals surface area contributed by atoms with E-state index in [0.29, 0.717) is 30.4 Å². The van der Waals surface area contributed by atoms with Gasteiger partial charge in [0, 0.05) is 32.1 Å². The molecule has 1 saturated heterocycles. The number of hydrogen-bond donors (Lipinski definition) is 3. The number of anilines is 1. The number of alkyl halides is 3. The maximum absolute atomic E-state index is 12.6. The van der Waals surface area contributed by atoms with Gasteiger partial charge >= 0.3 is 6.18 Å². The minimum absolute atomic E-state index is 0.00171. The van der Waals surface area contributed by atoms with E-state index in [-0.39, 0.29) is 18.0 Å². The zero-order valence-electron chi connectivity index (χ0n) is 23.7. The molecular weight excluding hydrogens is 525 g/mol. The minimum Gasteiger partial charge on any atom is -0.373 e. The van der Waals surface area contributed by atoms with Gasteiger partial charge in [0.1, 0.15) is 22.7 Å². The molecule has 1 fully saturated rings. The van der Waals surface area contributed by atoms with Gasteiger partial charge in [0.2, 0.25) is 6.41 Å². The van der Waals surface area contributed by atoms with Crippen LogP contribution in [0.2, 0.25) is 0 Å². The predicted molar refractivity (Wildman–Crippen MR) is 150 cm³/mol. The van der Waals surface area contributed by atoms with Crippen molar-refractivity contribution < 1.29 is 27.2 Å². The monoisotopic (exact) mass is 566 g/mol. The number of carbonyl (C=O) groups excluding carboxylic acids is 1. The van der Waals surface area contributed by atoms with E-state index in [9.17, 15) is 13.2 Å². The summed E-state index contributed by atoms with van der Waals surface area (Å²) in [5.74, 6) is 1.49. The first-order valence-corrected chi connectivity index (χ1v) is 13.4. The number of halogens is 3. The number of H-pyrrole nitrogens is 1. The lowest BCUT2D eigenvalue weighted by atomic mass is 10.0. The third-order valence-corrected chi connectivity index (χ3v) is 6.55. The van der Waals surface area contributed by atoms with E-state index < -0.39 is 11.7 Å². The van der Waals surface area contributed by atoms with Gasteiger partial charge in [0.25, 0.3) is 0 Å². The predicted octanol–water partition coefficient (Wildman–Crippen LogP) is 5.08. The molecule has 2 aromatic heterocycles. The molecule has 3 heterocycles. The van der Waals surface area contributed by atoms with Crippen molar-refractivity contribution in [1.29, 1.82) is 0 Å². The number of aromatic nitrogens is 3. The highest BCUT2D eigenvalue weighted by Gasteiger charge is 2.33. The van der Waals surface area contributed by atoms with Crippen LogP contribution in [0, 0.1) is 13.8 Å². The Balaban J connectivity index is 0.000000269. The first-order valence-electron chi connectivity index (χ1n) is 13.4. The van der Waals surface area contributed by atoms with Crippen LogP contribution >= 0.6 is 0 Å². The second kappa shape index (κ2) is 16.0. The summed E-state index contributed by atoms with van der Waals surface area (Å²) in [6.07, 6.45) is 1.89. The Morgan fingerprint density at radius 2 is 1.98 bits per heavy atom. The summed E-state index contributed by atoms with van der Waals surface area (Å²) >= 11 is 0. The van der Waals surface area contributed by atoms with Gasteiger partial charge < -0.3 is 30.2 Å². The Bertz CT molecular complexity index is 1170. The van der Waals surface area contributed by atoms with Crippen LogP contribution in [-0.2, 0) is 22.1 Å². The third kappa shape index (κ3) is 9.37. The van der Waals surface area contributed by atoms with E-state index >= 15 is 0 Å². The summed E-state index contributed by atoms with van der Waals surface area (Å²) in [5.41, 5.74) is 6.09. The molecule has 1 amide bonds. The van der Waals surface area contributed by atoms with Gasteiger partial charge in [-0.25, -0.2) is 4.98 Å². The number of fused-ring (bicyclic) bond motifs is 1. The fraction of sp³-hybridized carbons (Fsp3) is 0.536. The van der Waals surface area contributed by atoms with Crippen LogP contribution in [0.3, 0.4) is 0 Å². The van der Waals surface area contributed by atoms with Crippen molar-refractivity contribution in [3.05, 3.63) is 53.7 Å². The van der Waals surface area contributed by atoms with Crippen molar-refractivity contribution in [1.82, 2.24) is 20.4 Å². The van der Waals surface area contributed by atoms with Gasteiger partial charge in [0.15, 0.2) is 5.76 Å². The zero-order chi connectivity index (χ0) is 29.7. The molecule has 3 aromatic rings. The van der Waals surface area contributed by atoms with Gasteiger partial charge in [-0.05, 0) is 45.2 Å². The van der Waals surface area contributed by atoms with E-state index in [2.05, 4.69) is 44.6 Å². The number of nitrogens with zero attached hydrogens (tertiary/aromatic N) is 3. The number of carbonyl (C=O) groups is 1. The number of aromatic amines is 1. The summed E-state index contributed by atoms with van der Waals surface area (Å²) in [6, 6.07) is 4.58. The number of para-hydroxylation sites is 1. The van der Waals surface area contributed by atoms with Gasteiger partial charge in [0.05, 0.1) is 23.8 Å². The smallest absolute Gasteiger partial charge is 0.373 e. The number of ether oxygens (including phenoxy) is 1. The lowest BCUT2D eigenvalue weighted by molar-refractivity contribution is -0.136. The number of rotatable bonds is 9. The Hall–Kier alpha value is -3.38. The Morgan fingerprint density at radius 3 is 2.50 bits per heavy atom. The molecule has 1 atom stereocenters. The fourth-order valence-electron chi connectivity index (χ4n) is 4.54. The van der Waals surface area contributed by atoms with Crippen molar-refractivity contribution in [3.8, 4) is 0 Å². The first kappa shape index (κ1) is 32.8. The average molecular weight is 567 g/mol. The topological polar surface area (TPSA) is 122 Å². The van der Waals surface area contributed by atoms with Crippen LogP contribution in [0.4, 0.5) is 18.9 Å². The molecule has 0 aliphatic carbocycles. The van der Waals surface area contributed by atoms with Crippen LogP contribution in [0.25, 0.3) is 11.0 Å². The lowest BCUT2D eigenvalue weighted by Crippen LogP contribution is -2.45. The van der Waals surface area contributed by atoms with Crippen molar-refractivity contribution in [3.63, 3.8) is 0 Å². The van der Waals surface area contributed by atoms with Gasteiger partial charge in [-0.2, -0.15) is 13.2 Å². The molecule has 0 radical (unpaired) electrons. The second-order valence-corrected chi connectivity index (χ2v) is 9.37. The molecule has 9 nitrogen and oxygen atoms in total. The largest absolute Gasteiger partial charge is 0.418 e. The zero-order valence-corrected chi connectivity index (χ0v) is 23.7. The van der Waals surface area contributed by atoms with Crippen LogP contribution in [0.5, 0.6) is 0 Å². The van der Waals surface area contributed by atoms with E-state index in [4.69, 9.17) is 14.1 Å². The normalized spacial score (nSPS) is 14.6. The standard InChI is InChI=1S/C17H29N3O2.C10H9F3N2.CH3NO/c1-5-11-21-16(6-2)12-18-15-7-9-20(10-8-15)17-13(3)19-22-14(17)4;1-2-8-14-7-5-3-4-6(9(7)15-8)10(11,12)13;2-1-3/h5,15-16,18H,1,6-12H2,2-4H3;3-5H,2H2,1H3,(H,14,15);1H,(H2,2,3). The number of piperidine rings is 1. The third-order valence-electron chi connectivity index (χ3n) is 6.55. The van der Waals surface area contributed by atoms with Crippen LogP contribution in [-0.4, -0.2) is 59.9 Å². The first-order chi connectivity index (χ1) is 19.1. The van der Waals surface area contributed by atoms with Gasteiger partial charge in [-0.15, -0.1) is 6.58 Å². The maximum Gasteiger partial charge on any atom is 0.418 e. The number of nitrogens with two attached hydrogens (primary N) is 1. The average Bonchev–Trinajstić information content (AvgIpc) is 3.51. The molecule has 0 spiro atoms. The van der Waals surface area contributed by atoms with Crippen LogP contribution in [0.1, 0.15) is 56.0 Å². The molecule has 12 heteroatoms. The number of amides is 1. The quantitative estimate of drug-likeness (QED) is 0.244. The molecule has 40 heavy (non-hydrogen) atoms. The molecule has 222 valence electrons. The molecule has 1 unspecified atom stereocenters. The molecular formula is C28H41F3N6O3. The highest BCUT2D eigenvalue weighted by atomic mass is 19.4. The van der Waals surface area contributed by atoms with E-state index in [0.717, 1.165) is 56.4 Å². The van der Waals surface area contributed by atoms with Crippen LogP contribution < -0.4 is 16.0 Å². The summed E-state index contributed by atoms with van der Waals surface area (Å²) in [6.45, 7) is 15.3. The summed E-state index contributed by atoms with van der Waals surface area (Å²) in [7, 11) is 0. The van der Waals surface area contributed by atoms with Gasteiger partial charge in [-0.3, -0.25) is 4.79 Å². The van der Waals surface area contributed by atoms with E-state index in [1.807, 2.05) is 26.8 Å². The fourth-order valence-corrected chi connectivity index (χ4v) is 4.54. The summed E-state index contributed by atoms with van der Waals surface area (Å²) in [4.78, 5) is 17.7. The van der Waals surface area contributed by atoms with Crippen LogP contribution in [0.15, 0.2) is 35.4 Å². The minimum atomic E-state index is -4.35. The SMILES string of the molecule is C=CCOC(CC)CNC1CCN(c2c(C)noc2C)CC1.CCc1nc2c(C(F)(F)F)cccc2[nH]1.NC=O. The van der Waals surface area contributed by atoms with Gasteiger partial charge in [-0.1, -0.05) is 31.1 Å². The molecule has 4 rings (SSSR count). The number of aryl methyl sites for hydroxylation is 3. The number of hydrogen-bond acceptors (Lipinski definition) is 7. The second-order valence-electron chi connectivity index (χ2n) is 9.37. The lowest BCUT2D eigenvalue weighted by Gasteiger charge is -2.34. The highest BCUT2D eigenvalue weighted by Crippen LogP contribution is 2.33. The number of nitrogens with one attached hydrogen (secondary N) is 2. The Kier molecular flexibility index (Phi) is 13.1. The maximum atomic E-state index is 12.6. The Labute approximate surface area is 233 Å².